The molecule has 1 atom stereocenters. The molecule has 5 heteroatoms. The van der Waals surface area contributed by atoms with Gasteiger partial charge in [-0.3, -0.25) is 4.79 Å². The number of carbonyl (C=O) groups excluding carboxylic acids is 1. The second kappa shape index (κ2) is 8.06. The van der Waals surface area contributed by atoms with E-state index in [0.29, 0.717) is 28.6 Å². The van der Waals surface area contributed by atoms with Crippen molar-refractivity contribution in [3.63, 3.8) is 0 Å². The lowest BCUT2D eigenvalue weighted by molar-refractivity contribution is -0.122. The number of methoxy groups -OCH3 is 1. The molecule has 1 amide bonds. The van der Waals surface area contributed by atoms with Gasteiger partial charge < -0.3 is 14.8 Å². The molecule has 128 valence electrons. The summed E-state index contributed by atoms with van der Waals surface area (Å²) < 4.78 is 11.0. The molecule has 0 radical (unpaired) electrons. The molecule has 0 heterocycles. The Bertz CT molecular complexity index is 710. The van der Waals surface area contributed by atoms with Gasteiger partial charge in [0.1, 0.15) is 11.5 Å². The lowest BCUT2D eigenvalue weighted by Crippen LogP contribution is -2.32. The van der Waals surface area contributed by atoms with Crippen molar-refractivity contribution in [2.75, 3.05) is 12.4 Å². The molecule has 0 bridgehead atoms. The van der Waals surface area contributed by atoms with Crippen LogP contribution in [0.15, 0.2) is 36.4 Å². The van der Waals surface area contributed by atoms with E-state index in [4.69, 9.17) is 21.1 Å². The maximum Gasteiger partial charge on any atom is 0.265 e. The van der Waals surface area contributed by atoms with Gasteiger partial charge in [-0.1, -0.05) is 24.6 Å². The molecule has 4 nitrogen and oxygen atoms in total. The number of rotatable bonds is 6. The summed E-state index contributed by atoms with van der Waals surface area (Å²) in [6, 6.07) is 11.0. The van der Waals surface area contributed by atoms with E-state index in [1.807, 2.05) is 32.9 Å². The van der Waals surface area contributed by atoms with Crippen molar-refractivity contribution in [3.8, 4) is 11.5 Å². The Kier molecular flexibility index (Phi) is 6.10. The summed E-state index contributed by atoms with van der Waals surface area (Å²) in [4.78, 5) is 12.5. The number of ether oxygens (including phenoxy) is 2. The number of hydrogen-bond donors (Lipinski definition) is 1. The molecular weight excluding hydrogens is 326 g/mol. The van der Waals surface area contributed by atoms with Crippen molar-refractivity contribution < 1.29 is 14.3 Å². The van der Waals surface area contributed by atoms with Crippen molar-refractivity contribution >= 4 is 23.2 Å². The van der Waals surface area contributed by atoms with Gasteiger partial charge in [0.05, 0.1) is 12.1 Å². The molecule has 1 N–H and O–H groups in total. The average Bonchev–Trinajstić information content (AvgIpc) is 2.51. The zero-order chi connectivity index (χ0) is 17.7. The predicted molar refractivity (Wildman–Crippen MR) is 97.3 cm³/mol. The van der Waals surface area contributed by atoms with Crippen LogP contribution < -0.4 is 14.8 Å². The van der Waals surface area contributed by atoms with Crippen LogP contribution in [0.5, 0.6) is 11.5 Å². The minimum absolute atomic E-state index is 0.210. The van der Waals surface area contributed by atoms with Gasteiger partial charge >= 0.3 is 0 Å². The molecule has 0 fully saturated rings. The zero-order valence-electron chi connectivity index (χ0n) is 14.4. The van der Waals surface area contributed by atoms with Crippen molar-refractivity contribution in [1.82, 2.24) is 0 Å². The third-order valence-corrected chi connectivity index (χ3v) is 3.85. The molecule has 0 aliphatic rings. The summed E-state index contributed by atoms with van der Waals surface area (Å²) >= 11 is 6.08. The molecule has 0 saturated carbocycles. The van der Waals surface area contributed by atoms with Crippen LogP contribution in [0.25, 0.3) is 0 Å². The molecular formula is C19H22ClNO3. The van der Waals surface area contributed by atoms with Crippen LogP contribution >= 0.6 is 11.6 Å². The molecule has 0 aromatic heterocycles. The number of amides is 1. The Morgan fingerprint density at radius 1 is 1.17 bits per heavy atom. The van der Waals surface area contributed by atoms with Gasteiger partial charge in [-0.25, -0.2) is 0 Å². The summed E-state index contributed by atoms with van der Waals surface area (Å²) in [6.07, 6.45) is -0.0185. The summed E-state index contributed by atoms with van der Waals surface area (Å²) in [5.74, 6) is 1.05. The fourth-order valence-electron chi connectivity index (χ4n) is 2.45. The Labute approximate surface area is 147 Å². The first-order valence-corrected chi connectivity index (χ1v) is 8.20. The van der Waals surface area contributed by atoms with E-state index < -0.39 is 6.10 Å². The largest absolute Gasteiger partial charge is 0.495 e. The lowest BCUT2D eigenvalue weighted by Gasteiger charge is -2.18. The number of benzene rings is 2. The molecule has 24 heavy (non-hydrogen) atoms. The van der Waals surface area contributed by atoms with Crippen LogP contribution in [-0.4, -0.2) is 19.1 Å². The van der Waals surface area contributed by atoms with Crippen LogP contribution in [0.4, 0.5) is 5.69 Å². The number of aryl methyl sites for hydroxylation is 2. The number of hydrogen-bond acceptors (Lipinski definition) is 3. The topological polar surface area (TPSA) is 47.6 Å². The normalized spacial score (nSPS) is 11.7. The smallest absolute Gasteiger partial charge is 0.265 e. The van der Waals surface area contributed by atoms with Crippen molar-refractivity contribution in [2.45, 2.75) is 33.3 Å². The zero-order valence-corrected chi connectivity index (χ0v) is 15.1. The molecule has 0 unspecified atom stereocenters. The average molecular weight is 348 g/mol. The fraction of sp³-hybridized carbons (Fsp3) is 0.316. The first-order valence-electron chi connectivity index (χ1n) is 7.82. The van der Waals surface area contributed by atoms with Gasteiger partial charge in [0, 0.05) is 5.69 Å². The monoisotopic (exact) mass is 347 g/mol. The highest BCUT2D eigenvalue weighted by atomic mass is 35.5. The van der Waals surface area contributed by atoms with E-state index in [1.165, 1.54) is 0 Å². The Morgan fingerprint density at radius 3 is 2.38 bits per heavy atom. The molecule has 2 aromatic carbocycles. The molecule has 0 aliphatic heterocycles. The number of carbonyl (C=O) groups is 1. The van der Waals surface area contributed by atoms with Crippen molar-refractivity contribution in [2.24, 2.45) is 0 Å². The first-order chi connectivity index (χ1) is 11.4. The summed E-state index contributed by atoms with van der Waals surface area (Å²) in [7, 11) is 1.55. The second-order valence-electron chi connectivity index (χ2n) is 5.68. The van der Waals surface area contributed by atoms with Gasteiger partial charge in [-0.2, -0.15) is 0 Å². The van der Waals surface area contributed by atoms with E-state index in [2.05, 4.69) is 11.4 Å². The standard InChI is InChI=1S/C19H22ClNO3/c1-5-17(24-15-9-12(2)8-13(3)10-15)19(22)21-14-6-7-18(23-4)16(20)11-14/h6-11,17H,5H2,1-4H3,(H,21,22)/t17-/m0/s1. The number of nitrogens with one attached hydrogen (secondary N) is 1. The van der Waals surface area contributed by atoms with Crippen LogP contribution in [0, 0.1) is 13.8 Å². The lowest BCUT2D eigenvalue weighted by atomic mass is 10.1. The van der Waals surface area contributed by atoms with Gasteiger partial charge in [0.15, 0.2) is 6.10 Å². The number of halogens is 1. The molecule has 2 rings (SSSR count). The van der Waals surface area contributed by atoms with Crippen LogP contribution in [0.1, 0.15) is 24.5 Å². The molecule has 0 spiro atoms. The van der Waals surface area contributed by atoms with E-state index in [-0.39, 0.29) is 5.91 Å². The van der Waals surface area contributed by atoms with E-state index >= 15 is 0 Å². The highest BCUT2D eigenvalue weighted by Crippen LogP contribution is 2.27. The van der Waals surface area contributed by atoms with Gasteiger partial charge in [0.25, 0.3) is 5.91 Å². The maximum absolute atomic E-state index is 12.5. The third kappa shape index (κ3) is 4.65. The maximum atomic E-state index is 12.5. The Morgan fingerprint density at radius 2 is 1.83 bits per heavy atom. The van der Waals surface area contributed by atoms with E-state index in [1.54, 1.807) is 25.3 Å². The molecule has 0 aliphatic carbocycles. The quantitative estimate of drug-likeness (QED) is 0.819. The van der Waals surface area contributed by atoms with E-state index in [9.17, 15) is 4.79 Å². The Balaban J connectivity index is 2.09. The first kappa shape index (κ1) is 18.1. The van der Waals surface area contributed by atoms with Crippen LogP contribution in [0.2, 0.25) is 5.02 Å². The van der Waals surface area contributed by atoms with Crippen molar-refractivity contribution in [1.29, 1.82) is 0 Å². The molecule has 2 aromatic rings. The Hall–Kier alpha value is -2.20. The third-order valence-electron chi connectivity index (χ3n) is 3.56. The van der Waals surface area contributed by atoms with Crippen LogP contribution in [0.3, 0.4) is 0 Å². The summed E-state index contributed by atoms with van der Waals surface area (Å²) in [6.45, 7) is 5.91. The minimum atomic E-state index is -0.577. The fourth-order valence-corrected chi connectivity index (χ4v) is 2.71. The SMILES string of the molecule is CC[C@H](Oc1cc(C)cc(C)c1)C(=O)Nc1ccc(OC)c(Cl)c1. The summed E-state index contributed by atoms with van der Waals surface area (Å²) in [5, 5.41) is 3.27. The summed E-state index contributed by atoms with van der Waals surface area (Å²) in [5.41, 5.74) is 2.80. The van der Waals surface area contributed by atoms with Gasteiger partial charge in [0.2, 0.25) is 0 Å². The predicted octanol–water partition coefficient (Wildman–Crippen LogP) is 4.76. The van der Waals surface area contributed by atoms with Crippen LogP contribution in [-0.2, 0) is 4.79 Å². The molecule has 0 saturated heterocycles. The minimum Gasteiger partial charge on any atom is -0.495 e. The number of anilines is 1. The second-order valence-corrected chi connectivity index (χ2v) is 6.08. The van der Waals surface area contributed by atoms with Gasteiger partial charge in [-0.15, -0.1) is 0 Å². The highest BCUT2D eigenvalue weighted by molar-refractivity contribution is 6.32. The van der Waals surface area contributed by atoms with E-state index in [0.717, 1.165) is 11.1 Å². The van der Waals surface area contributed by atoms with Crippen molar-refractivity contribution in [3.05, 3.63) is 52.5 Å². The highest BCUT2D eigenvalue weighted by Gasteiger charge is 2.19. The van der Waals surface area contributed by atoms with Gasteiger partial charge in [-0.05, 0) is 61.7 Å².